The number of benzene rings is 1. The molecule has 1 rings (SSSR count). The van der Waals surface area contributed by atoms with Gasteiger partial charge in [-0.05, 0) is 58.0 Å². The molecular formula is C13H20ClNO. The smallest absolute Gasteiger partial charge is 0.120 e. The van der Waals surface area contributed by atoms with Crippen LogP contribution in [0.4, 0.5) is 0 Å². The first-order chi connectivity index (χ1) is 7.35. The molecule has 0 aliphatic rings. The molecule has 1 N–H and O–H groups in total. The second-order valence-electron chi connectivity index (χ2n) is 4.76. The summed E-state index contributed by atoms with van der Waals surface area (Å²) >= 11 is 6.11. The van der Waals surface area contributed by atoms with Gasteiger partial charge >= 0.3 is 0 Å². The van der Waals surface area contributed by atoms with Crippen molar-refractivity contribution in [1.82, 2.24) is 5.32 Å². The molecule has 2 nitrogen and oxygen atoms in total. The van der Waals surface area contributed by atoms with Crippen LogP contribution < -0.4 is 10.1 Å². The zero-order chi connectivity index (χ0) is 12.3. The van der Waals surface area contributed by atoms with Crippen LogP contribution in [0.25, 0.3) is 0 Å². The van der Waals surface area contributed by atoms with E-state index in [1.165, 1.54) is 0 Å². The summed E-state index contributed by atoms with van der Waals surface area (Å²) in [5.41, 5.74) is 1.88. The molecule has 0 saturated carbocycles. The lowest BCUT2D eigenvalue weighted by Gasteiger charge is -2.26. The number of hydrogen-bond acceptors (Lipinski definition) is 2. The van der Waals surface area contributed by atoms with Gasteiger partial charge in [0.25, 0.3) is 0 Å². The zero-order valence-electron chi connectivity index (χ0n) is 10.6. The lowest BCUT2D eigenvalue weighted by molar-refractivity contribution is 0.110. The Balaban J connectivity index is 2.90. The van der Waals surface area contributed by atoms with Gasteiger partial charge in [-0.1, -0.05) is 11.6 Å². The van der Waals surface area contributed by atoms with E-state index in [0.29, 0.717) is 0 Å². The molecule has 0 bridgehead atoms. The van der Waals surface area contributed by atoms with Crippen LogP contribution in [0.15, 0.2) is 12.1 Å². The van der Waals surface area contributed by atoms with Crippen LogP contribution in [0, 0.1) is 13.8 Å². The normalized spacial score (nSPS) is 11.6. The van der Waals surface area contributed by atoms with Crippen molar-refractivity contribution < 1.29 is 4.74 Å². The Kier molecular flexibility index (Phi) is 4.22. The number of aryl methyl sites for hydroxylation is 2. The van der Waals surface area contributed by atoms with Gasteiger partial charge in [0.2, 0.25) is 0 Å². The first kappa shape index (κ1) is 13.3. The van der Waals surface area contributed by atoms with Gasteiger partial charge in [-0.25, -0.2) is 0 Å². The second kappa shape index (κ2) is 5.07. The van der Waals surface area contributed by atoms with Crippen molar-refractivity contribution >= 4 is 11.6 Å². The lowest BCUT2D eigenvalue weighted by Crippen LogP contribution is -2.38. The fourth-order valence-electron chi connectivity index (χ4n) is 1.75. The summed E-state index contributed by atoms with van der Waals surface area (Å²) in [6, 6.07) is 3.96. The van der Waals surface area contributed by atoms with Gasteiger partial charge in [0.15, 0.2) is 0 Å². The Morgan fingerprint density at radius 3 is 2.19 bits per heavy atom. The molecule has 0 aromatic heterocycles. The number of nitrogens with one attached hydrogen (secondary N) is 1. The van der Waals surface area contributed by atoms with Gasteiger partial charge in [-0.2, -0.15) is 0 Å². The molecule has 0 atom stereocenters. The van der Waals surface area contributed by atoms with Crippen molar-refractivity contribution in [3.05, 3.63) is 28.3 Å². The van der Waals surface area contributed by atoms with E-state index in [0.717, 1.165) is 28.4 Å². The van der Waals surface area contributed by atoms with E-state index in [-0.39, 0.29) is 5.60 Å². The average Bonchev–Trinajstić information content (AvgIpc) is 2.13. The minimum atomic E-state index is -0.221. The lowest BCUT2D eigenvalue weighted by atomic mass is 10.1. The van der Waals surface area contributed by atoms with E-state index in [4.69, 9.17) is 16.3 Å². The zero-order valence-corrected chi connectivity index (χ0v) is 11.4. The number of likely N-dealkylation sites (N-methyl/N-ethyl adjacent to an activating group) is 1. The molecule has 0 fully saturated rings. The largest absolute Gasteiger partial charge is 0.487 e. The topological polar surface area (TPSA) is 21.3 Å². The van der Waals surface area contributed by atoms with E-state index in [1.807, 2.05) is 33.0 Å². The van der Waals surface area contributed by atoms with Crippen LogP contribution in [0.2, 0.25) is 5.02 Å². The monoisotopic (exact) mass is 241 g/mol. The standard InChI is InChI=1S/C13H20ClNO/c1-9-6-11(7-10(2)12(9)14)16-13(3,4)8-15-5/h6-7,15H,8H2,1-5H3. The predicted molar refractivity (Wildman–Crippen MR) is 69.6 cm³/mol. The molecule has 0 heterocycles. The van der Waals surface area contributed by atoms with Gasteiger partial charge in [0.05, 0.1) is 0 Å². The molecule has 0 aliphatic heterocycles. The third-order valence-electron chi connectivity index (χ3n) is 2.41. The highest BCUT2D eigenvalue weighted by molar-refractivity contribution is 6.32. The number of halogens is 1. The minimum absolute atomic E-state index is 0.221. The predicted octanol–water partition coefficient (Wildman–Crippen LogP) is 3.33. The van der Waals surface area contributed by atoms with Crippen molar-refractivity contribution in [2.75, 3.05) is 13.6 Å². The summed E-state index contributed by atoms with van der Waals surface area (Å²) in [5.74, 6) is 0.875. The molecule has 16 heavy (non-hydrogen) atoms. The Morgan fingerprint density at radius 2 is 1.75 bits per heavy atom. The molecule has 3 heteroatoms. The summed E-state index contributed by atoms with van der Waals surface area (Å²) in [7, 11) is 1.92. The molecule has 0 amide bonds. The number of hydrogen-bond donors (Lipinski definition) is 1. The SMILES string of the molecule is CNCC(C)(C)Oc1cc(C)c(Cl)c(C)c1. The maximum absolute atomic E-state index is 6.11. The summed E-state index contributed by atoms with van der Waals surface area (Å²) in [6.07, 6.45) is 0. The molecule has 0 saturated heterocycles. The molecule has 1 aromatic carbocycles. The maximum Gasteiger partial charge on any atom is 0.120 e. The Hall–Kier alpha value is -0.730. The first-order valence-corrected chi connectivity index (χ1v) is 5.84. The quantitative estimate of drug-likeness (QED) is 0.873. The fraction of sp³-hybridized carbons (Fsp3) is 0.538. The van der Waals surface area contributed by atoms with Gasteiger partial charge in [0.1, 0.15) is 11.4 Å². The molecule has 0 spiro atoms. The molecule has 0 radical (unpaired) electrons. The van der Waals surface area contributed by atoms with E-state index in [9.17, 15) is 0 Å². The van der Waals surface area contributed by atoms with E-state index >= 15 is 0 Å². The van der Waals surface area contributed by atoms with Crippen LogP contribution in [-0.4, -0.2) is 19.2 Å². The van der Waals surface area contributed by atoms with Gasteiger partial charge < -0.3 is 10.1 Å². The summed E-state index contributed by atoms with van der Waals surface area (Å²) in [5, 5.41) is 3.94. The molecule has 0 aliphatic carbocycles. The van der Waals surface area contributed by atoms with E-state index < -0.39 is 0 Å². The fourth-order valence-corrected chi connectivity index (χ4v) is 1.86. The summed E-state index contributed by atoms with van der Waals surface area (Å²) in [6.45, 7) is 8.90. The van der Waals surface area contributed by atoms with Gasteiger partial charge in [0, 0.05) is 11.6 Å². The first-order valence-electron chi connectivity index (χ1n) is 5.46. The van der Waals surface area contributed by atoms with Crippen LogP contribution in [0.5, 0.6) is 5.75 Å². The van der Waals surface area contributed by atoms with Crippen LogP contribution in [-0.2, 0) is 0 Å². The highest BCUT2D eigenvalue weighted by atomic mass is 35.5. The van der Waals surface area contributed by atoms with E-state index in [2.05, 4.69) is 19.2 Å². The van der Waals surface area contributed by atoms with Crippen LogP contribution >= 0.6 is 11.6 Å². The van der Waals surface area contributed by atoms with E-state index in [1.54, 1.807) is 0 Å². The Labute approximate surface area is 103 Å². The molecular weight excluding hydrogens is 222 g/mol. The molecule has 1 aromatic rings. The highest BCUT2D eigenvalue weighted by Gasteiger charge is 2.19. The molecule has 90 valence electrons. The number of rotatable bonds is 4. The number of ether oxygens (including phenoxy) is 1. The summed E-state index contributed by atoms with van der Waals surface area (Å²) < 4.78 is 5.94. The third-order valence-corrected chi connectivity index (χ3v) is 3.00. The summed E-state index contributed by atoms with van der Waals surface area (Å²) in [4.78, 5) is 0. The van der Waals surface area contributed by atoms with Gasteiger partial charge in [-0.15, -0.1) is 0 Å². The highest BCUT2D eigenvalue weighted by Crippen LogP contribution is 2.27. The Morgan fingerprint density at radius 1 is 1.25 bits per heavy atom. The van der Waals surface area contributed by atoms with Crippen molar-refractivity contribution in [3.8, 4) is 5.75 Å². The minimum Gasteiger partial charge on any atom is -0.487 e. The average molecular weight is 242 g/mol. The van der Waals surface area contributed by atoms with Crippen molar-refractivity contribution in [2.45, 2.75) is 33.3 Å². The second-order valence-corrected chi connectivity index (χ2v) is 5.14. The van der Waals surface area contributed by atoms with Gasteiger partial charge in [-0.3, -0.25) is 0 Å². The van der Waals surface area contributed by atoms with Crippen molar-refractivity contribution in [2.24, 2.45) is 0 Å². The molecule has 0 unspecified atom stereocenters. The Bertz CT molecular complexity index is 351. The maximum atomic E-state index is 6.11. The van der Waals surface area contributed by atoms with Crippen LogP contribution in [0.1, 0.15) is 25.0 Å². The van der Waals surface area contributed by atoms with Crippen LogP contribution in [0.3, 0.4) is 0 Å². The third kappa shape index (κ3) is 3.39. The van der Waals surface area contributed by atoms with Crippen molar-refractivity contribution in [3.63, 3.8) is 0 Å². The van der Waals surface area contributed by atoms with Crippen molar-refractivity contribution in [1.29, 1.82) is 0 Å².